The highest BCUT2D eigenvalue weighted by molar-refractivity contribution is 6.06. The number of nitriles is 1. The third-order valence-corrected chi connectivity index (χ3v) is 3.18. The first-order valence-corrected chi connectivity index (χ1v) is 5.39. The summed E-state index contributed by atoms with van der Waals surface area (Å²) in [6.45, 7) is 3.59. The van der Waals surface area contributed by atoms with Gasteiger partial charge in [-0.25, -0.2) is 0 Å². The van der Waals surface area contributed by atoms with E-state index < -0.39 is 11.5 Å². The van der Waals surface area contributed by atoms with E-state index in [9.17, 15) is 4.79 Å². The van der Waals surface area contributed by atoms with Gasteiger partial charge in [-0.05, 0) is 38.1 Å². The van der Waals surface area contributed by atoms with Gasteiger partial charge in [-0.2, -0.15) is 5.26 Å². The Hall–Kier alpha value is -2.02. The molecule has 1 aliphatic heterocycles. The van der Waals surface area contributed by atoms with Crippen LogP contribution in [0.1, 0.15) is 13.8 Å². The van der Waals surface area contributed by atoms with Gasteiger partial charge in [0.1, 0.15) is 11.8 Å². The van der Waals surface area contributed by atoms with Crippen molar-refractivity contribution in [2.75, 3.05) is 12.0 Å². The third kappa shape index (κ3) is 1.55. The fourth-order valence-electron chi connectivity index (χ4n) is 2.03. The fraction of sp³-hybridized carbons (Fsp3) is 0.385. The van der Waals surface area contributed by atoms with Crippen LogP contribution in [0.3, 0.4) is 0 Å². The number of carbonyl (C=O) groups excluding carboxylic acids is 1. The summed E-state index contributed by atoms with van der Waals surface area (Å²) in [6, 6.07) is 8.91. The number of nitrogens with zero attached hydrogens (tertiary/aromatic N) is 2. The lowest BCUT2D eigenvalue weighted by molar-refractivity contribution is -0.135. The number of ether oxygens (including phenoxy) is 1. The summed E-state index contributed by atoms with van der Waals surface area (Å²) in [7, 11) is 1.59. The molecule has 1 aromatic carbocycles. The largest absolute Gasteiger partial charge is 0.497 e. The summed E-state index contributed by atoms with van der Waals surface area (Å²) >= 11 is 0. The lowest BCUT2D eigenvalue weighted by Crippen LogP contribution is -2.66. The van der Waals surface area contributed by atoms with Crippen LogP contribution in [0.5, 0.6) is 5.75 Å². The van der Waals surface area contributed by atoms with Gasteiger partial charge in [0.2, 0.25) is 5.91 Å². The summed E-state index contributed by atoms with van der Waals surface area (Å²) in [5.74, 6) is 0.712. The molecule has 0 N–H and O–H groups in total. The average Bonchev–Trinajstić information content (AvgIpc) is 2.35. The molecule has 2 rings (SSSR count). The van der Waals surface area contributed by atoms with Crippen LogP contribution >= 0.6 is 0 Å². The van der Waals surface area contributed by atoms with E-state index in [1.54, 1.807) is 45.2 Å². The van der Waals surface area contributed by atoms with Crippen molar-refractivity contribution >= 4 is 11.6 Å². The number of benzene rings is 1. The van der Waals surface area contributed by atoms with Gasteiger partial charge in [0, 0.05) is 5.69 Å². The van der Waals surface area contributed by atoms with Gasteiger partial charge < -0.3 is 4.74 Å². The van der Waals surface area contributed by atoms with Crippen molar-refractivity contribution in [1.82, 2.24) is 0 Å². The monoisotopic (exact) mass is 230 g/mol. The van der Waals surface area contributed by atoms with Crippen LogP contribution in [0, 0.1) is 16.7 Å². The Morgan fingerprint density at radius 2 is 1.94 bits per heavy atom. The number of rotatable bonds is 2. The maximum absolute atomic E-state index is 12.0. The first-order chi connectivity index (χ1) is 8.02. The zero-order valence-electron chi connectivity index (χ0n) is 10.1. The molecule has 0 saturated carbocycles. The Kier molecular flexibility index (Phi) is 2.55. The second-order valence-electron chi connectivity index (χ2n) is 4.63. The highest BCUT2D eigenvalue weighted by atomic mass is 16.5. The van der Waals surface area contributed by atoms with Gasteiger partial charge in [-0.1, -0.05) is 0 Å². The highest BCUT2D eigenvalue weighted by Crippen LogP contribution is 2.41. The van der Waals surface area contributed by atoms with Gasteiger partial charge in [-0.15, -0.1) is 0 Å². The van der Waals surface area contributed by atoms with Crippen LogP contribution in [0.15, 0.2) is 24.3 Å². The molecule has 88 valence electrons. The number of carbonyl (C=O) groups is 1. The molecule has 1 aromatic rings. The van der Waals surface area contributed by atoms with E-state index >= 15 is 0 Å². The summed E-state index contributed by atoms with van der Waals surface area (Å²) in [4.78, 5) is 13.5. The van der Waals surface area contributed by atoms with Crippen LogP contribution in [-0.4, -0.2) is 19.1 Å². The molecular weight excluding hydrogens is 216 g/mol. The van der Waals surface area contributed by atoms with Gasteiger partial charge >= 0.3 is 0 Å². The van der Waals surface area contributed by atoms with E-state index in [4.69, 9.17) is 10.00 Å². The number of β-lactam (4-membered cyclic amide) rings is 1. The van der Waals surface area contributed by atoms with Crippen molar-refractivity contribution in [2.45, 2.75) is 19.9 Å². The Morgan fingerprint density at radius 1 is 1.35 bits per heavy atom. The van der Waals surface area contributed by atoms with E-state index in [0.29, 0.717) is 0 Å². The SMILES string of the molecule is COc1ccc(N2C(=O)C(C)(C)C2C#N)cc1. The normalized spacial score (nSPS) is 21.6. The summed E-state index contributed by atoms with van der Waals surface area (Å²) in [6.07, 6.45) is 0. The number of hydrogen-bond donors (Lipinski definition) is 0. The standard InChI is InChI=1S/C13H14N2O2/c1-13(2)11(8-14)15(12(13)16)9-4-6-10(17-3)7-5-9/h4-7,11H,1-3H3. The molecule has 1 unspecified atom stereocenters. The average molecular weight is 230 g/mol. The molecule has 0 radical (unpaired) electrons. The zero-order valence-corrected chi connectivity index (χ0v) is 10.1. The van der Waals surface area contributed by atoms with Crippen molar-refractivity contribution in [3.05, 3.63) is 24.3 Å². The molecule has 1 aliphatic rings. The number of methoxy groups -OCH3 is 1. The molecule has 0 spiro atoms. The maximum atomic E-state index is 12.0. The molecule has 1 amide bonds. The Labute approximate surface area is 100 Å². The van der Waals surface area contributed by atoms with Crippen LogP contribution < -0.4 is 9.64 Å². The van der Waals surface area contributed by atoms with Crippen molar-refractivity contribution in [1.29, 1.82) is 5.26 Å². The van der Waals surface area contributed by atoms with E-state index in [0.717, 1.165) is 11.4 Å². The minimum atomic E-state index is -0.589. The highest BCUT2D eigenvalue weighted by Gasteiger charge is 2.55. The number of hydrogen-bond acceptors (Lipinski definition) is 3. The maximum Gasteiger partial charge on any atom is 0.237 e. The van der Waals surface area contributed by atoms with Gasteiger partial charge in [0.05, 0.1) is 18.6 Å². The fourth-order valence-corrected chi connectivity index (χ4v) is 2.03. The minimum Gasteiger partial charge on any atom is -0.497 e. The predicted molar refractivity (Wildman–Crippen MR) is 63.7 cm³/mol. The molecule has 1 saturated heterocycles. The van der Waals surface area contributed by atoms with Crippen molar-refractivity contribution in [3.63, 3.8) is 0 Å². The molecule has 1 heterocycles. The van der Waals surface area contributed by atoms with Gasteiger partial charge in [0.15, 0.2) is 0 Å². The lowest BCUT2D eigenvalue weighted by atomic mass is 9.74. The second-order valence-corrected chi connectivity index (χ2v) is 4.63. The molecule has 0 aromatic heterocycles. The Bertz CT molecular complexity index is 485. The molecule has 1 fully saturated rings. The topological polar surface area (TPSA) is 53.3 Å². The summed E-state index contributed by atoms with van der Waals surface area (Å²) in [5.41, 5.74) is 0.149. The van der Waals surface area contributed by atoms with Crippen LogP contribution in [0.4, 0.5) is 5.69 Å². The predicted octanol–water partition coefficient (Wildman–Crippen LogP) is 1.96. The minimum absolute atomic E-state index is 0.0192. The first-order valence-electron chi connectivity index (χ1n) is 5.39. The van der Waals surface area contributed by atoms with Crippen molar-refractivity contribution in [2.24, 2.45) is 5.41 Å². The van der Waals surface area contributed by atoms with E-state index in [1.165, 1.54) is 4.90 Å². The molecule has 4 nitrogen and oxygen atoms in total. The molecule has 1 atom stereocenters. The first kappa shape index (κ1) is 11.5. The smallest absolute Gasteiger partial charge is 0.237 e. The molecule has 4 heteroatoms. The van der Waals surface area contributed by atoms with Crippen LogP contribution in [0.25, 0.3) is 0 Å². The van der Waals surface area contributed by atoms with E-state index in [-0.39, 0.29) is 5.91 Å². The number of amides is 1. The zero-order chi connectivity index (χ0) is 12.6. The van der Waals surface area contributed by atoms with E-state index in [2.05, 4.69) is 6.07 Å². The molecule has 0 bridgehead atoms. The second kappa shape index (κ2) is 3.77. The summed E-state index contributed by atoms with van der Waals surface area (Å²) in [5, 5.41) is 9.10. The van der Waals surface area contributed by atoms with Gasteiger partial charge in [-0.3, -0.25) is 9.69 Å². The summed E-state index contributed by atoms with van der Waals surface area (Å²) < 4.78 is 5.05. The lowest BCUT2D eigenvalue weighted by Gasteiger charge is -2.49. The van der Waals surface area contributed by atoms with Gasteiger partial charge in [0.25, 0.3) is 0 Å². The van der Waals surface area contributed by atoms with Crippen molar-refractivity contribution in [3.8, 4) is 11.8 Å². The molecule has 17 heavy (non-hydrogen) atoms. The quantitative estimate of drug-likeness (QED) is 0.730. The Balaban J connectivity index is 2.29. The Morgan fingerprint density at radius 3 is 2.41 bits per heavy atom. The van der Waals surface area contributed by atoms with Crippen LogP contribution in [-0.2, 0) is 4.79 Å². The van der Waals surface area contributed by atoms with Crippen molar-refractivity contribution < 1.29 is 9.53 Å². The van der Waals surface area contributed by atoms with Crippen LogP contribution in [0.2, 0.25) is 0 Å². The molecule has 0 aliphatic carbocycles. The third-order valence-electron chi connectivity index (χ3n) is 3.18. The van der Waals surface area contributed by atoms with E-state index in [1.807, 2.05) is 0 Å². The number of anilines is 1. The molecular formula is C13H14N2O2.